The number of fused-ring (bicyclic) bond motifs is 1. The smallest absolute Gasteiger partial charge is 0.263 e. The van der Waals surface area contributed by atoms with Gasteiger partial charge in [-0.05, 0) is 53.1 Å². The summed E-state index contributed by atoms with van der Waals surface area (Å²) in [6.07, 6.45) is -2.06. The van der Waals surface area contributed by atoms with Gasteiger partial charge in [0.05, 0.1) is 27.2 Å². The third-order valence-corrected chi connectivity index (χ3v) is 8.98. The molecule has 0 saturated carbocycles. The molecule has 1 aliphatic rings. The molecule has 52 heavy (non-hydrogen) atoms. The molecule has 1 amide bonds. The van der Waals surface area contributed by atoms with Crippen LogP contribution in [0, 0.1) is 0 Å². The van der Waals surface area contributed by atoms with E-state index in [0.29, 0.717) is 17.2 Å². The molecule has 3 heterocycles. The number of hydrogen-bond donors (Lipinski definition) is 3. The summed E-state index contributed by atoms with van der Waals surface area (Å²) in [6.45, 7) is -0.363. The Morgan fingerprint density at radius 2 is 1.37 bits per heavy atom. The summed E-state index contributed by atoms with van der Waals surface area (Å²) in [4.78, 5) is 25.6. The van der Waals surface area contributed by atoms with E-state index in [1.54, 1.807) is 26.4 Å². The Bertz CT molecular complexity index is 2050. The summed E-state index contributed by atoms with van der Waals surface area (Å²) < 4.78 is 31.2. The van der Waals surface area contributed by atoms with Crippen molar-refractivity contribution >= 4 is 22.9 Å². The number of benzene rings is 4. The number of ether oxygens (including phenoxy) is 5. The summed E-state index contributed by atoms with van der Waals surface area (Å²) in [7, 11) is 3.21. The second-order valence-corrected chi connectivity index (χ2v) is 12.1. The molecule has 3 N–H and O–H groups in total. The number of anilines is 1. The fraction of sp³-hybridized carbons (Fsp3) is 0.231. The number of hydrogen-bond acceptors (Lipinski definition) is 11. The molecule has 7 rings (SSSR count). The van der Waals surface area contributed by atoms with Crippen LogP contribution in [0.3, 0.4) is 0 Å². The molecule has 13 heteroatoms. The Morgan fingerprint density at radius 3 is 1.98 bits per heavy atom. The first-order valence-corrected chi connectivity index (χ1v) is 16.6. The molecule has 266 valence electrons. The lowest BCUT2D eigenvalue weighted by Crippen LogP contribution is -2.39. The highest BCUT2D eigenvalue weighted by Crippen LogP contribution is 2.43. The van der Waals surface area contributed by atoms with Gasteiger partial charge in [0.25, 0.3) is 5.91 Å². The normalized spacial score (nSPS) is 18.6. The maximum atomic E-state index is 12.7. The van der Waals surface area contributed by atoms with E-state index >= 15 is 0 Å². The fourth-order valence-corrected chi connectivity index (χ4v) is 6.34. The van der Waals surface area contributed by atoms with Crippen LogP contribution in [0.5, 0.6) is 17.2 Å². The Morgan fingerprint density at radius 1 is 0.769 bits per heavy atom. The van der Waals surface area contributed by atoms with E-state index in [1.807, 2.05) is 97.1 Å². The van der Waals surface area contributed by atoms with Crippen molar-refractivity contribution in [2.24, 2.45) is 0 Å². The second kappa shape index (κ2) is 15.2. The van der Waals surface area contributed by atoms with E-state index in [9.17, 15) is 15.0 Å². The standard InChI is InChI=1S/C39H37N5O8/c1-48-28-17-13-26(14-18-28)39(25-9-5-3-6-10-25,27-15-19-29(49-2)20-16-27)51-21-31-34(46)35(47)38(52-31)44-24-42-33-36(40-23-41-37(33)44)43-32(45)22-50-30-11-7-4-8-12-30/h3-20,23-24,31,34-35,38,46-47H,21-22H2,1-2H3,(H,40,41,43,45)/t31-,34?,35+,38-/m1/s1. The van der Waals surface area contributed by atoms with Gasteiger partial charge in [0.1, 0.15) is 47.5 Å². The van der Waals surface area contributed by atoms with Gasteiger partial charge in [-0.1, -0.05) is 72.8 Å². The van der Waals surface area contributed by atoms with Gasteiger partial charge >= 0.3 is 0 Å². The number of aromatic nitrogens is 4. The van der Waals surface area contributed by atoms with E-state index in [2.05, 4.69) is 20.3 Å². The highest BCUT2D eigenvalue weighted by Gasteiger charge is 2.47. The van der Waals surface area contributed by atoms with Crippen molar-refractivity contribution in [1.82, 2.24) is 19.5 Å². The van der Waals surface area contributed by atoms with E-state index in [0.717, 1.165) is 16.7 Å². The molecule has 2 aromatic heterocycles. The number of methoxy groups -OCH3 is 2. The van der Waals surface area contributed by atoms with Crippen molar-refractivity contribution < 1.29 is 38.7 Å². The molecule has 0 aliphatic carbocycles. The minimum absolute atomic E-state index is 0.119. The van der Waals surface area contributed by atoms with Crippen molar-refractivity contribution in [1.29, 1.82) is 0 Å². The van der Waals surface area contributed by atoms with Crippen molar-refractivity contribution in [3.8, 4) is 17.2 Å². The van der Waals surface area contributed by atoms with Crippen LogP contribution in [-0.4, -0.2) is 81.4 Å². The van der Waals surface area contributed by atoms with Gasteiger partial charge in [0, 0.05) is 0 Å². The van der Waals surface area contributed by atoms with Crippen LogP contribution < -0.4 is 19.5 Å². The van der Waals surface area contributed by atoms with Crippen molar-refractivity contribution in [2.45, 2.75) is 30.1 Å². The Balaban J connectivity index is 1.15. The summed E-state index contributed by atoms with van der Waals surface area (Å²) in [5.74, 6) is 1.62. The number of aliphatic hydroxyl groups excluding tert-OH is 2. The molecule has 1 fully saturated rings. The zero-order valence-electron chi connectivity index (χ0n) is 28.4. The van der Waals surface area contributed by atoms with Crippen LogP contribution >= 0.6 is 0 Å². The molecule has 0 bridgehead atoms. The molecule has 0 radical (unpaired) electrons. The van der Waals surface area contributed by atoms with Gasteiger partial charge in [0.2, 0.25) is 0 Å². The van der Waals surface area contributed by atoms with Crippen molar-refractivity contribution in [3.05, 3.63) is 139 Å². The third-order valence-electron chi connectivity index (χ3n) is 8.98. The quantitative estimate of drug-likeness (QED) is 0.146. The van der Waals surface area contributed by atoms with Crippen LogP contribution in [0.2, 0.25) is 0 Å². The topological polar surface area (TPSA) is 159 Å². The maximum absolute atomic E-state index is 12.7. The number of nitrogens with one attached hydrogen (secondary N) is 1. The Hall–Kier alpha value is -5.86. The molecular weight excluding hydrogens is 666 g/mol. The number of imidazole rings is 1. The van der Waals surface area contributed by atoms with Gasteiger partial charge in [0.15, 0.2) is 29.8 Å². The SMILES string of the molecule is COc1ccc(C(OC[C@H]2O[C@@H](n3cnc4c(NC(=O)COc5ccccc5)ncnc43)[C@@H](O)C2O)(c2ccccc2)c2ccc(OC)cc2)cc1. The molecule has 4 aromatic carbocycles. The van der Waals surface area contributed by atoms with Gasteiger partial charge in [-0.2, -0.15) is 0 Å². The number of rotatable bonds is 13. The first kappa shape index (κ1) is 34.6. The molecular formula is C39H37N5O8. The maximum Gasteiger partial charge on any atom is 0.263 e. The van der Waals surface area contributed by atoms with Crippen LogP contribution in [0.4, 0.5) is 5.82 Å². The van der Waals surface area contributed by atoms with Crippen LogP contribution in [0.25, 0.3) is 11.2 Å². The van der Waals surface area contributed by atoms with Gasteiger partial charge in [-0.25, -0.2) is 15.0 Å². The molecule has 4 atom stereocenters. The van der Waals surface area contributed by atoms with E-state index < -0.39 is 36.0 Å². The molecule has 6 aromatic rings. The average molecular weight is 704 g/mol. The van der Waals surface area contributed by atoms with Crippen molar-refractivity contribution in [2.75, 3.05) is 32.8 Å². The zero-order valence-corrected chi connectivity index (χ0v) is 28.4. The number of para-hydroxylation sites is 1. The average Bonchev–Trinajstić information content (AvgIpc) is 3.75. The van der Waals surface area contributed by atoms with Gasteiger partial charge < -0.3 is 39.2 Å². The van der Waals surface area contributed by atoms with Crippen molar-refractivity contribution in [3.63, 3.8) is 0 Å². The summed E-state index contributed by atoms with van der Waals surface area (Å²) in [5.41, 5.74) is 1.81. The summed E-state index contributed by atoms with van der Waals surface area (Å²) in [5, 5.41) is 25.4. The molecule has 1 saturated heterocycles. The van der Waals surface area contributed by atoms with Crippen LogP contribution in [0.1, 0.15) is 22.9 Å². The molecule has 0 spiro atoms. The monoisotopic (exact) mass is 703 g/mol. The van der Waals surface area contributed by atoms with E-state index in [4.69, 9.17) is 23.7 Å². The minimum Gasteiger partial charge on any atom is -0.497 e. The lowest BCUT2D eigenvalue weighted by molar-refractivity contribution is -0.118. The molecule has 13 nitrogen and oxygen atoms in total. The molecule has 1 unspecified atom stereocenters. The Labute approximate surface area is 299 Å². The third kappa shape index (κ3) is 6.77. The summed E-state index contributed by atoms with van der Waals surface area (Å²) >= 11 is 0. The van der Waals surface area contributed by atoms with Gasteiger partial charge in [-0.3, -0.25) is 9.36 Å². The highest BCUT2D eigenvalue weighted by atomic mass is 16.6. The first-order chi connectivity index (χ1) is 25.4. The Kier molecular flexibility index (Phi) is 10.1. The second-order valence-electron chi connectivity index (χ2n) is 12.1. The minimum atomic E-state index is -1.37. The zero-order chi connectivity index (χ0) is 36.1. The summed E-state index contributed by atoms with van der Waals surface area (Å²) in [6, 6.07) is 33.9. The number of carbonyl (C=O) groups is 1. The van der Waals surface area contributed by atoms with E-state index in [-0.39, 0.29) is 30.2 Å². The number of carbonyl (C=O) groups excluding carboxylic acids is 1. The number of nitrogens with zero attached hydrogens (tertiary/aromatic N) is 4. The number of aliphatic hydroxyl groups is 2. The highest BCUT2D eigenvalue weighted by molar-refractivity contribution is 5.97. The molecule has 1 aliphatic heterocycles. The lowest BCUT2D eigenvalue weighted by Gasteiger charge is -2.37. The number of amides is 1. The predicted octanol–water partition coefficient (Wildman–Crippen LogP) is 4.49. The van der Waals surface area contributed by atoms with Crippen LogP contribution in [0.15, 0.2) is 122 Å². The van der Waals surface area contributed by atoms with Crippen LogP contribution in [-0.2, 0) is 19.9 Å². The predicted molar refractivity (Wildman–Crippen MR) is 190 cm³/mol. The largest absolute Gasteiger partial charge is 0.497 e. The fourth-order valence-electron chi connectivity index (χ4n) is 6.34. The lowest BCUT2D eigenvalue weighted by atomic mass is 9.80. The first-order valence-electron chi connectivity index (χ1n) is 16.6. The van der Waals surface area contributed by atoms with Gasteiger partial charge in [-0.15, -0.1) is 0 Å². The van der Waals surface area contributed by atoms with E-state index in [1.165, 1.54) is 17.2 Å².